The van der Waals surface area contributed by atoms with E-state index in [2.05, 4.69) is 19.9 Å². The number of aromatic amines is 1. The summed E-state index contributed by atoms with van der Waals surface area (Å²) >= 11 is 3.04. The van der Waals surface area contributed by atoms with Gasteiger partial charge >= 0.3 is 0 Å². The summed E-state index contributed by atoms with van der Waals surface area (Å²) in [6.45, 7) is 3.87. The molecule has 0 radical (unpaired) electrons. The maximum atomic E-state index is 5.70. The van der Waals surface area contributed by atoms with Crippen LogP contribution in [-0.2, 0) is 0 Å². The van der Waals surface area contributed by atoms with Crippen LogP contribution in [0.1, 0.15) is 11.5 Å². The molecule has 3 aromatic rings. The van der Waals surface area contributed by atoms with Crippen LogP contribution in [0.5, 0.6) is 0 Å². The van der Waals surface area contributed by atoms with Crippen molar-refractivity contribution in [1.82, 2.24) is 19.9 Å². The number of aryl methyl sites for hydroxylation is 2. The van der Waals surface area contributed by atoms with Crippen molar-refractivity contribution in [2.24, 2.45) is 0 Å². The Balaban J connectivity index is 2.01. The summed E-state index contributed by atoms with van der Waals surface area (Å²) in [6.07, 6.45) is 1.87. The summed E-state index contributed by atoms with van der Waals surface area (Å²) in [5, 5.41) is 3.49. The van der Waals surface area contributed by atoms with Crippen LogP contribution in [-0.4, -0.2) is 19.9 Å². The van der Waals surface area contributed by atoms with E-state index in [0.29, 0.717) is 5.13 Å². The van der Waals surface area contributed by atoms with Gasteiger partial charge in [0.2, 0.25) is 0 Å². The Bertz CT molecular complexity index is 694. The molecule has 92 valence electrons. The number of hydrogen-bond acceptors (Lipinski definition) is 6. The van der Waals surface area contributed by atoms with Gasteiger partial charge in [-0.2, -0.15) is 0 Å². The highest BCUT2D eigenvalue weighted by Crippen LogP contribution is 2.34. The molecule has 3 N–H and O–H groups in total. The van der Waals surface area contributed by atoms with Crippen molar-refractivity contribution >= 4 is 27.8 Å². The summed E-state index contributed by atoms with van der Waals surface area (Å²) in [5.74, 6) is 0.889. The lowest BCUT2D eigenvalue weighted by molar-refractivity contribution is 1.15. The minimum absolute atomic E-state index is 0.577. The van der Waals surface area contributed by atoms with Crippen LogP contribution in [0.25, 0.3) is 21.3 Å². The van der Waals surface area contributed by atoms with Crippen LogP contribution in [0.3, 0.4) is 0 Å². The summed E-state index contributed by atoms with van der Waals surface area (Å²) in [7, 11) is 0. The number of imidazole rings is 1. The number of aromatic nitrogens is 4. The maximum absolute atomic E-state index is 5.70. The predicted molar refractivity (Wildman–Crippen MR) is 74.7 cm³/mol. The van der Waals surface area contributed by atoms with E-state index in [0.717, 1.165) is 32.8 Å². The van der Waals surface area contributed by atoms with Gasteiger partial charge in [0.25, 0.3) is 0 Å². The van der Waals surface area contributed by atoms with E-state index in [9.17, 15) is 0 Å². The first-order chi connectivity index (χ1) is 8.63. The standard InChI is InChI=1S/C11H11N5S2/c1-5-9(18-11(12)14-5)8-4-17-10(16-8)7-3-13-6(2)15-7/h3-4H,1-2H3,(H2,12,14)(H,13,15). The third-order valence-electron chi connectivity index (χ3n) is 2.48. The fourth-order valence-electron chi connectivity index (χ4n) is 1.68. The molecule has 0 aliphatic rings. The largest absolute Gasteiger partial charge is 0.375 e. The Hall–Kier alpha value is -1.73. The van der Waals surface area contributed by atoms with E-state index >= 15 is 0 Å². The normalized spacial score (nSPS) is 11.0. The average Bonchev–Trinajstić information content (AvgIpc) is 2.98. The minimum Gasteiger partial charge on any atom is -0.375 e. The summed E-state index contributed by atoms with van der Waals surface area (Å²) in [5.41, 5.74) is 8.42. The molecule has 7 heteroatoms. The number of nitrogens with zero attached hydrogens (tertiary/aromatic N) is 3. The number of H-pyrrole nitrogens is 1. The molecule has 5 nitrogen and oxygen atoms in total. The summed E-state index contributed by atoms with van der Waals surface area (Å²) in [6, 6.07) is 0. The van der Waals surface area contributed by atoms with Crippen LogP contribution >= 0.6 is 22.7 Å². The quantitative estimate of drug-likeness (QED) is 0.754. The smallest absolute Gasteiger partial charge is 0.180 e. The van der Waals surface area contributed by atoms with Gasteiger partial charge in [-0.3, -0.25) is 0 Å². The fourth-order valence-corrected chi connectivity index (χ4v) is 3.32. The molecule has 0 aromatic carbocycles. The van der Waals surface area contributed by atoms with Crippen molar-refractivity contribution in [3.05, 3.63) is 23.1 Å². The molecule has 0 unspecified atom stereocenters. The first-order valence-corrected chi connectivity index (χ1v) is 7.04. The molecular formula is C11H11N5S2. The molecule has 3 rings (SSSR count). The zero-order chi connectivity index (χ0) is 12.7. The molecule has 0 saturated carbocycles. The van der Waals surface area contributed by atoms with Crippen molar-refractivity contribution in [3.8, 4) is 21.3 Å². The van der Waals surface area contributed by atoms with Gasteiger partial charge in [-0.15, -0.1) is 11.3 Å². The van der Waals surface area contributed by atoms with Gasteiger partial charge in [0.1, 0.15) is 16.5 Å². The molecule has 0 aliphatic heterocycles. The van der Waals surface area contributed by atoms with Crippen molar-refractivity contribution < 1.29 is 0 Å². The van der Waals surface area contributed by atoms with Crippen molar-refractivity contribution in [1.29, 1.82) is 0 Å². The highest BCUT2D eigenvalue weighted by molar-refractivity contribution is 7.19. The predicted octanol–water partition coefficient (Wildman–Crippen LogP) is 2.86. The van der Waals surface area contributed by atoms with Gasteiger partial charge in [0.15, 0.2) is 5.13 Å². The van der Waals surface area contributed by atoms with E-state index in [1.807, 2.05) is 25.4 Å². The topological polar surface area (TPSA) is 80.5 Å². The van der Waals surface area contributed by atoms with E-state index in [1.54, 1.807) is 11.3 Å². The molecule has 3 aromatic heterocycles. The summed E-state index contributed by atoms with van der Waals surface area (Å²) in [4.78, 5) is 17.3. The number of rotatable bonds is 2. The van der Waals surface area contributed by atoms with Crippen molar-refractivity contribution in [3.63, 3.8) is 0 Å². The van der Waals surface area contributed by atoms with Crippen LogP contribution in [0.2, 0.25) is 0 Å². The average molecular weight is 277 g/mol. The third-order valence-corrected chi connectivity index (χ3v) is 4.35. The molecule has 0 amide bonds. The lowest BCUT2D eigenvalue weighted by atomic mass is 10.3. The number of thiazole rings is 2. The van der Waals surface area contributed by atoms with E-state index in [4.69, 9.17) is 5.73 Å². The lowest BCUT2D eigenvalue weighted by Crippen LogP contribution is -1.81. The zero-order valence-corrected chi connectivity index (χ0v) is 11.5. The van der Waals surface area contributed by atoms with Crippen LogP contribution in [0.4, 0.5) is 5.13 Å². The van der Waals surface area contributed by atoms with Gasteiger partial charge in [-0.05, 0) is 13.8 Å². The van der Waals surface area contributed by atoms with Crippen molar-refractivity contribution in [2.75, 3.05) is 5.73 Å². The zero-order valence-electron chi connectivity index (χ0n) is 9.89. The third kappa shape index (κ3) is 1.91. The Labute approximate surface area is 112 Å². The molecule has 0 atom stereocenters. The lowest BCUT2D eigenvalue weighted by Gasteiger charge is -1.90. The first-order valence-electron chi connectivity index (χ1n) is 5.34. The highest BCUT2D eigenvalue weighted by atomic mass is 32.1. The van der Waals surface area contributed by atoms with Gasteiger partial charge in [-0.1, -0.05) is 11.3 Å². The second-order valence-electron chi connectivity index (χ2n) is 3.88. The molecule has 0 bridgehead atoms. The van der Waals surface area contributed by atoms with E-state index in [-0.39, 0.29) is 0 Å². The van der Waals surface area contributed by atoms with Crippen LogP contribution < -0.4 is 5.73 Å². The van der Waals surface area contributed by atoms with Gasteiger partial charge in [0.05, 0.1) is 16.3 Å². The van der Waals surface area contributed by atoms with Crippen molar-refractivity contribution in [2.45, 2.75) is 13.8 Å². The molecule has 0 fully saturated rings. The number of nitrogens with two attached hydrogens (primary N) is 1. The minimum atomic E-state index is 0.577. The fraction of sp³-hybridized carbons (Fsp3) is 0.182. The van der Waals surface area contributed by atoms with Gasteiger partial charge in [0, 0.05) is 11.6 Å². The second-order valence-corrected chi connectivity index (χ2v) is 5.76. The first kappa shape index (κ1) is 11.4. The molecule has 0 aliphatic carbocycles. The van der Waals surface area contributed by atoms with Gasteiger partial charge in [-0.25, -0.2) is 15.0 Å². The van der Waals surface area contributed by atoms with Crippen LogP contribution in [0, 0.1) is 13.8 Å². The Morgan fingerprint density at radius 2 is 2.00 bits per heavy atom. The SMILES string of the molecule is Cc1nc(-c2nc(-c3sc(N)nc3C)cs2)c[nH]1. The monoisotopic (exact) mass is 277 g/mol. The highest BCUT2D eigenvalue weighted by Gasteiger charge is 2.13. The number of nitrogens with one attached hydrogen (secondary N) is 1. The number of anilines is 1. The molecule has 18 heavy (non-hydrogen) atoms. The maximum Gasteiger partial charge on any atom is 0.180 e. The number of hydrogen-bond donors (Lipinski definition) is 2. The Morgan fingerprint density at radius 3 is 2.61 bits per heavy atom. The number of nitrogen functional groups attached to an aromatic ring is 1. The molecular weight excluding hydrogens is 266 g/mol. The molecule has 0 saturated heterocycles. The molecule has 0 spiro atoms. The molecule has 3 heterocycles. The Kier molecular flexibility index (Phi) is 2.64. The second kappa shape index (κ2) is 4.18. The van der Waals surface area contributed by atoms with Gasteiger partial charge < -0.3 is 10.7 Å². The van der Waals surface area contributed by atoms with E-state index in [1.165, 1.54) is 11.3 Å². The van der Waals surface area contributed by atoms with E-state index < -0.39 is 0 Å². The van der Waals surface area contributed by atoms with Crippen LogP contribution in [0.15, 0.2) is 11.6 Å². The Morgan fingerprint density at radius 1 is 1.17 bits per heavy atom. The summed E-state index contributed by atoms with van der Waals surface area (Å²) < 4.78 is 0.